The summed E-state index contributed by atoms with van der Waals surface area (Å²) in [5, 5.41) is 12.1. The smallest absolute Gasteiger partial charge is 0.318 e. The van der Waals surface area contributed by atoms with E-state index in [-0.39, 0.29) is 18.1 Å². The molecule has 16 heavy (non-hydrogen) atoms. The first kappa shape index (κ1) is 15.2. The molecule has 0 bridgehead atoms. The SMILES string of the molecule is COC[C@H](C)NC(=O)N(C[C@@H](C)O)C(C)C. The van der Waals surface area contributed by atoms with Crippen LogP contribution < -0.4 is 5.32 Å². The van der Waals surface area contributed by atoms with Crippen molar-refractivity contribution in [3.63, 3.8) is 0 Å². The van der Waals surface area contributed by atoms with E-state index in [9.17, 15) is 9.90 Å². The molecule has 0 spiro atoms. The van der Waals surface area contributed by atoms with Gasteiger partial charge in [0.25, 0.3) is 0 Å². The molecule has 0 heterocycles. The average Bonchev–Trinajstić information content (AvgIpc) is 2.13. The summed E-state index contributed by atoms with van der Waals surface area (Å²) in [6.07, 6.45) is -0.522. The highest BCUT2D eigenvalue weighted by Crippen LogP contribution is 2.01. The predicted octanol–water partition coefficient (Wildman–Crippen LogP) is 0.822. The van der Waals surface area contributed by atoms with Crippen molar-refractivity contribution in [1.82, 2.24) is 10.2 Å². The summed E-state index contributed by atoms with van der Waals surface area (Å²) in [7, 11) is 1.60. The molecule has 5 nitrogen and oxygen atoms in total. The molecule has 0 aliphatic carbocycles. The first-order valence-electron chi connectivity index (χ1n) is 5.62. The van der Waals surface area contributed by atoms with Crippen LogP contribution >= 0.6 is 0 Å². The van der Waals surface area contributed by atoms with Gasteiger partial charge in [-0.25, -0.2) is 4.79 Å². The maximum Gasteiger partial charge on any atom is 0.318 e. The Morgan fingerprint density at radius 3 is 2.31 bits per heavy atom. The van der Waals surface area contributed by atoms with E-state index in [0.29, 0.717) is 13.2 Å². The fraction of sp³-hybridized carbons (Fsp3) is 0.909. The molecule has 0 aliphatic heterocycles. The summed E-state index contributed by atoms with van der Waals surface area (Å²) >= 11 is 0. The zero-order chi connectivity index (χ0) is 12.7. The monoisotopic (exact) mass is 232 g/mol. The third-order valence-electron chi connectivity index (χ3n) is 2.13. The van der Waals surface area contributed by atoms with Gasteiger partial charge in [-0.05, 0) is 27.7 Å². The highest BCUT2D eigenvalue weighted by molar-refractivity contribution is 5.74. The third kappa shape index (κ3) is 5.92. The summed E-state index contributed by atoms with van der Waals surface area (Å²) in [6.45, 7) is 8.20. The molecule has 0 unspecified atom stereocenters. The van der Waals surface area contributed by atoms with Gasteiger partial charge in [0, 0.05) is 19.7 Å². The van der Waals surface area contributed by atoms with Crippen molar-refractivity contribution in [2.75, 3.05) is 20.3 Å². The topological polar surface area (TPSA) is 61.8 Å². The summed E-state index contributed by atoms with van der Waals surface area (Å²) in [5.41, 5.74) is 0. The Kier molecular flexibility index (Phi) is 7.08. The summed E-state index contributed by atoms with van der Waals surface area (Å²) in [6, 6.07) is -0.141. The third-order valence-corrected chi connectivity index (χ3v) is 2.13. The average molecular weight is 232 g/mol. The number of aliphatic hydroxyl groups is 1. The Bertz CT molecular complexity index is 207. The first-order valence-corrected chi connectivity index (χ1v) is 5.62. The van der Waals surface area contributed by atoms with Gasteiger partial charge in [0.15, 0.2) is 0 Å². The second kappa shape index (κ2) is 7.46. The maximum absolute atomic E-state index is 11.9. The predicted molar refractivity (Wildman–Crippen MR) is 63.4 cm³/mol. The van der Waals surface area contributed by atoms with E-state index in [1.165, 1.54) is 0 Å². The lowest BCUT2D eigenvalue weighted by atomic mass is 10.3. The van der Waals surface area contributed by atoms with E-state index >= 15 is 0 Å². The molecule has 2 atom stereocenters. The minimum atomic E-state index is -0.522. The Morgan fingerprint density at radius 1 is 1.38 bits per heavy atom. The molecule has 0 aromatic carbocycles. The van der Waals surface area contributed by atoms with Crippen LogP contribution in [0.3, 0.4) is 0 Å². The van der Waals surface area contributed by atoms with Crippen molar-refractivity contribution in [1.29, 1.82) is 0 Å². The van der Waals surface area contributed by atoms with Crippen molar-refractivity contribution >= 4 is 6.03 Å². The zero-order valence-electron chi connectivity index (χ0n) is 10.9. The number of ether oxygens (including phenoxy) is 1. The lowest BCUT2D eigenvalue weighted by molar-refractivity contribution is 0.113. The number of nitrogens with one attached hydrogen (secondary N) is 1. The number of amides is 2. The highest BCUT2D eigenvalue weighted by Gasteiger charge is 2.19. The van der Waals surface area contributed by atoms with Crippen LogP contribution in [0.4, 0.5) is 4.79 Å². The molecular formula is C11H24N2O3. The van der Waals surface area contributed by atoms with Gasteiger partial charge >= 0.3 is 6.03 Å². The summed E-state index contributed by atoms with van der Waals surface area (Å²) in [4.78, 5) is 13.5. The van der Waals surface area contributed by atoms with E-state index in [2.05, 4.69) is 5.32 Å². The number of methoxy groups -OCH3 is 1. The molecule has 0 aromatic heterocycles. The summed E-state index contributed by atoms with van der Waals surface area (Å²) in [5.74, 6) is 0. The van der Waals surface area contributed by atoms with Gasteiger partial charge < -0.3 is 20.1 Å². The van der Waals surface area contributed by atoms with Gasteiger partial charge in [-0.3, -0.25) is 0 Å². The van der Waals surface area contributed by atoms with Crippen LogP contribution in [0, 0.1) is 0 Å². The minimum absolute atomic E-state index is 0.0345. The van der Waals surface area contributed by atoms with Gasteiger partial charge in [-0.15, -0.1) is 0 Å². The minimum Gasteiger partial charge on any atom is -0.392 e. The maximum atomic E-state index is 11.9. The number of hydrogen-bond acceptors (Lipinski definition) is 3. The first-order chi connectivity index (χ1) is 7.38. The molecule has 0 saturated carbocycles. The van der Waals surface area contributed by atoms with E-state index < -0.39 is 6.10 Å². The second-order valence-corrected chi connectivity index (χ2v) is 4.40. The van der Waals surface area contributed by atoms with E-state index in [0.717, 1.165) is 0 Å². The normalized spacial score (nSPS) is 14.7. The van der Waals surface area contributed by atoms with Crippen molar-refractivity contribution in [2.24, 2.45) is 0 Å². The van der Waals surface area contributed by atoms with Crippen LogP contribution in [0.1, 0.15) is 27.7 Å². The molecule has 5 heteroatoms. The summed E-state index contributed by atoms with van der Waals surface area (Å²) < 4.78 is 4.94. The van der Waals surface area contributed by atoms with Gasteiger partial charge in [-0.1, -0.05) is 0 Å². The molecule has 0 aromatic rings. The molecule has 2 amide bonds. The van der Waals surface area contributed by atoms with Crippen LogP contribution in [-0.2, 0) is 4.74 Å². The van der Waals surface area contributed by atoms with Crippen LogP contribution in [0.2, 0.25) is 0 Å². The number of urea groups is 1. The Morgan fingerprint density at radius 2 is 1.94 bits per heavy atom. The number of aliphatic hydroxyl groups excluding tert-OH is 1. The fourth-order valence-electron chi connectivity index (χ4n) is 1.40. The molecular weight excluding hydrogens is 208 g/mol. The van der Waals surface area contributed by atoms with E-state index in [4.69, 9.17) is 4.74 Å². The standard InChI is InChI=1S/C11H24N2O3/c1-8(2)13(6-10(4)14)11(15)12-9(3)7-16-5/h8-10,14H,6-7H2,1-5H3,(H,12,15)/t9-,10+/m0/s1. The highest BCUT2D eigenvalue weighted by atomic mass is 16.5. The van der Waals surface area contributed by atoms with Crippen LogP contribution in [0.5, 0.6) is 0 Å². The Balaban J connectivity index is 4.27. The van der Waals surface area contributed by atoms with Gasteiger partial charge in [0.2, 0.25) is 0 Å². The van der Waals surface area contributed by atoms with Crippen LogP contribution in [0.15, 0.2) is 0 Å². The number of nitrogens with zero attached hydrogens (tertiary/aromatic N) is 1. The molecule has 0 fully saturated rings. The Labute approximate surface area is 97.8 Å². The number of rotatable bonds is 6. The lowest BCUT2D eigenvalue weighted by Gasteiger charge is -2.29. The quantitative estimate of drug-likeness (QED) is 0.713. The van der Waals surface area contributed by atoms with Crippen molar-refractivity contribution in [2.45, 2.75) is 45.9 Å². The Hall–Kier alpha value is -0.810. The van der Waals surface area contributed by atoms with Gasteiger partial charge in [0.1, 0.15) is 0 Å². The molecule has 0 saturated heterocycles. The molecule has 0 rings (SSSR count). The zero-order valence-corrected chi connectivity index (χ0v) is 10.9. The molecule has 0 aliphatic rings. The van der Waals surface area contributed by atoms with E-state index in [1.807, 2.05) is 20.8 Å². The molecule has 0 radical (unpaired) electrons. The van der Waals surface area contributed by atoms with Gasteiger partial charge in [-0.2, -0.15) is 0 Å². The second-order valence-electron chi connectivity index (χ2n) is 4.40. The van der Waals surface area contributed by atoms with Crippen LogP contribution in [0.25, 0.3) is 0 Å². The van der Waals surface area contributed by atoms with Crippen molar-refractivity contribution in [3.8, 4) is 0 Å². The van der Waals surface area contributed by atoms with Crippen molar-refractivity contribution < 1.29 is 14.6 Å². The fourth-order valence-corrected chi connectivity index (χ4v) is 1.40. The number of hydrogen-bond donors (Lipinski definition) is 2. The molecule has 2 N–H and O–H groups in total. The van der Waals surface area contributed by atoms with Crippen molar-refractivity contribution in [3.05, 3.63) is 0 Å². The van der Waals surface area contributed by atoms with E-state index in [1.54, 1.807) is 18.9 Å². The molecule has 96 valence electrons. The van der Waals surface area contributed by atoms with Gasteiger partial charge in [0.05, 0.1) is 18.8 Å². The number of carbonyl (C=O) groups is 1. The van der Waals surface area contributed by atoms with Crippen LogP contribution in [-0.4, -0.2) is 54.5 Å². The largest absolute Gasteiger partial charge is 0.392 e. The number of carbonyl (C=O) groups excluding carboxylic acids is 1. The lowest BCUT2D eigenvalue weighted by Crippen LogP contribution is -2.50.